The van der Waals surface area contributed by atoms with Crippen molar-refractivity contribution in [2.24, 2.45) is 0 Å². The van der Waals surface area contributed by atoms with E-state index < -0.39 is 5.82 Å². The first-order valence-corrected chi connectivity index (χ1v) is 6.05. The van der Waals surface area contributed by atoms with Gasteiger partial charge in [-0.2, -0.15) is 0 Å². The molecule has 0 aliphatic rings. The van der Waals surface area contributed by atoms with Crippen molar-refractivity contribution in [2.75, 3.05) is 0 Å². The van der Waals surface area contributed by atoms with Crippen LogP contribution in [0.4, 0.5) is 4.39 Å². The first-order chi connectivity index (χ1) is 8.06. The van der Waals surface area contributed by atoms with Gasteiger partial charge in [0.1, 0.15) is 16.6 Å². The van der Waals surface area contributed by atoms with E-state index in [2.05, 4.69) is 20.9 Å². The molecule has 1 aromatic carbocycles. The van der Waals surface area contributed by atoms with Crippen LogP contribution in [0.5, 0.6) is 11.6 Å². The Hall–Kier alpha value is -0.840. The van der Waals surface area contributed by atoms with E-state index in [0.29, 0.717) is 10.8 Å². The highest BCUT2D eigenvalue weighted by Gasteiger charge is 2.09. The van der Waals surface area contributed by atoms with E-state index in [1.54, 1.807) is 12.3 Å². The van der Waals surface area contributed by atoms with Gasteiger partial charge in [0.05, 0.1) is 5.02 Å². The average molecular weight is 337 g/mol. The summed E-state index contributed by atoms with van der Waals surface area (Å²) in [6, 6.07) is 5.46. The van der Waals surface area contributed by atoms with Crippen molar-refractivity contribution >= 4 is 39.1 Å². The number of rotatable bonds is 2. The van der Waals surface area contributed by atoms with E-state index >= 15 is 0 Å². The molecule has 0 amide bonds. The minimum absolute atomic E-state index is 0.158. The lowest BCUT2D eigenvalue weighted by atomic mass is 10.3. The predicted octanol–water partition coefficient (Wildman–Crippen LogP) is 5.08. The number of aromatic nitrogens is 1. The van der Waals surface area contributed by atoms with Crippen molar-refractivity contribution in [3.63, 3.8) is 0 Å². The molecular formula is C11H5BrCl2FNO. The van der Waals surface area contributed by atoms with Gasteiger partial charge in [0.25, 0.3) is 0 Å². The number of pyridine rings is 1. The van der Waals surface area contributed by atoms with Gasteiger partial charge < -0.3 is 4.74 Å². The maximum Gasteiger partial charge on any atom is 0.238 e. The van der Waals surface area contributed by atoms with Crippen molar-refractivity contribution in [1.29, 1.82) is 0 Å². The van der Waals surface area contributed by atoms with Crippen molar-refractivity contribution in [3.8, 4) is 11.6 Å². The topological polar surface area (TPSA) is 22.1 Å². The van der Waals surface area contributed by atoms with E-state index in [-0.39, 0.29) is 10.9 Å². The van der Waals surface area contributed by atoms with Crippen molar-refractivity contribution < 1.29 is 9.13 Å². The molecule has 2 nitrogen and oxygen atoms in total. The standard InChI is InChI=1S/C11H5BrCl2FNO/c12-6-3-9(14)11(16-5-6)17-10-2-1-7(15)4-8(10)13/h1-5H. The van der Waals surface area contributed by atoms with Gasteiger partial charge in [0.2, 0.25) is 5.88 Å². The van der Waals surface area contributed by atoms with E-state index in [0.717, 1.165) is 10.5 Å². The Labute approximate surface area is 115 Å². The third kappa shape index (κ3) is 3.09. The Balaban J connectivity index is 2.31. The molecule has 2 rings (SSSR count). The third-order valence-corrected chi connectivity index (χ3v) is 2.87. The van der Waals surface area contributed by atoms with Crippen LogP contribution in [0.15, 0.2) is 34.9 Å². The van der Waals surface area contributed by atoms with Crippen LogP contribution in [0, 0.1) is 5.82 Å². The van der Waals surface area contributed by atoms with Gasteiger partial charge >= 0.3 is 0 Å². The predicted molar refractivity (Wildman–Crippen MR) is 68.4 cm³/mol. The first-order valence-electron chi connectivity index (χ1n) is 4.50. The molecule has 0 aliphatic heterocycles. The number of halogens is 4. The summed E-state index contributed by atoms with van der Waals surface area (Å²) in [6.45, 7) is 0. The summed E-state index contributed by atoms with van der Waals surface area (Å²) in [5.74, 6) is 0.0744. The molecule has 0 atom stereocenters. The molecule has 88 valence electrons. The molecule has 0 spiro atoms. The molecule has 0 N–H and O–H groups in total. The lowest BCUT2D eigenvalue weighted by Gasteiger charge is -2.07. The molecule has 0 bridgehead atoms. The van der Waals surface area contributed by atoms with Crippen LogP contribution in [0.1, 0.15) is 0 Å². The normalized spacial score (nSPS) is 10.4. The zero-order valence-electron chi connectivity index (χ0n) is 8.25. The highest BCUT2D eigenvalue weighted by Crippen LogP contribution is 2.33. The average Bonchev–Trinajstić information content (AvgIpc) is 2.25. The summed E-state index contributed by atoms with van der Waals surface area (Å²) in [4.78, 5) is 3.98. The van der Waals surface area contributed by atoms with Crippen molar-refractivity contribution in [3.05, 3.63) is 50.8 Å². The lowest BCUT2D eigenvalue weighted by Crippen LogP contribution is -1.90. The fourth-order valence-electron chi connectivity index (χ4n) is 1.14. The highest BCUT2D eigenvalue weighted by atomic mass is 79.9. The van der Waals surface area contributed by atoms with Crippen molar-refractivity contribution in [1.82, 2.24) is 4.98 Å². The number of nitrogens with zero attached hydrogens (tertiary/aromatic N) is 1. The van der Waals surface area contributed by atoms with Crippen LogP contribution >= 0.6 is 39.1 Å². The second-order valence-corrected chi connectivity index (χ2v) is 4.85. The van der Waals surface area contributed by atoms with E-state index in [9.17, 15) is 4.39 Å². The smallest absolute Gasteiger partial charge is 0.238 e. The summed E-state index contributed by atoms with van der Waals surface area (Å²) in [6.07, 6.45) is 1.54. The number of hydrogen-bond donors (Lipinski definition) is 0. The van der Waals surface area contributed by atoms with Crippen LogP contribution in [0.25, 0.3) is 0 Å². The molecule has 2 aromatic rings. The molecular weight excluding hydrogens is 332 g/mol. The van der Waals surface area contributed by atoms with Crippen molar-refractivity contribution in [2.45, 2.75) is 0 Å². The van der Waals surface area contributed by atoms with Crippen LogP contribution in [-0.2, 0) is 0 Å². The van der Waals surface area contributed by atoms with Gasteiger partial charge in [0.15, 0.2) is 0 Å². The zero-order valence-corrected chi connectivity index (χ0v) is 11.4. The Morgan fingerprint density at radius 3 is 2.59 bits per heavy atom. The summed E-state index contributed by atoms with van der Waals surface area (Å²) in [7, 11) is 0. The SMILES string of the molecule is Fc1ccc(Oc2ncc(Br)cc2Cl)c(Cl)c1. The fraction of sp³-hybridized carbons (Fsp3) is 0. The van der Waals surface area contributed by atoms with Gasteiger partial charge in [0, 0.05) is 10.7 Å². The Morgan fingerprint density at radius 2 is 1.94 bits per heavy atom. The van der Waals surface area contributed by atoms with E-state index in [1.165, 1.54) is 12.1 Å². The minimum Gasteiger partial charge on any atom is -0.436 e. The molecule has 17 heavy (non-hydrogen) atoms. The number of ether oxygens (including phenoxy) is 1. The van der Waals surface area contributed by atoms with Crippen LogP contribution < -0.4 is 4.74 Å². The lowest BCUT2D eigenvalue weighted by molar-refractivity contribution is 0.461. The molecule has 0 saturated carbocycles. The van der Waals surface area contributed by atoms with Crippen LogP contribution in [-0.4, -0.2) is 4.98 Å². The Morgan fingerprint density at radius 1 is 1.18 bits per heavy atom. The maximum atomic E-state index is 12.8. The fourth-order valence-corrected chi connectivity index (χ4v) is 2.01. The number of benzene rings is 1. The minimum atomic E-state index is -0.433. The molecule has 1 heterocycles. The quantitative estimate of drug-likeness (QED) is 0.762. The second kappa shape index (κ2) is 5.21. The van der Waals surface area contributed by atoms with Gasteiger partial charge in [-0.25, -0.2) is 9.37 Å². The van der Waals surface area contributed by atoms with Gasteiger partial charge in [-0.1, -0.05) is 23.2 Å². The Bertz CT molecular complexity index is 516. The van der Waals surface area contributed by atoms with E-state index in [4.69, 9.17) is 27.9 Å². The van der Waals surface area contributed by atoms with E-state index in [1.807, 2.05) is 0 Å². The van der Waals surface area contributed by atoms with Gasteiger partial charge in [-0.15, -0.1) is 0 Å². The molecule has 0 unspecified atom stereocenters. The first kappa shape index (κ1) is 12.6. The Kier molecular flexibility index (Phi) is 3.86. The molecule has 1 aromatic heterocycles. The highest BCUT2D eigenvalue weighted by molar-refractivity contribution is 9.10. The largest absolute Gasteiger partial charge is 0.436 e. The van der Waals surface area contributed by atoms with Gasteiger partial charge in [-0.05, 0) is 40.2 Å². The van der Waals surface area contributed by atoms with Crippen LogP contribution in [0.2, 0.25) is 10.0 Å². The molecule has 0 radical (unpaired) electrons. The van der Waals surface area contributed by atoms with Gasteiger partial charge in [-0.3, -0.25) is 0 Å². The summed E-state index contributed by atoms with van der Waals surface area (Å²) >= 11 is 15.0. The monoisotopic (exact) mass is 335 g/mol. The number of hydrogen-bond acceptors (Lipinski definition) is 2. The molecule has 0 fully saturated rings. The van der Waals surface area contributed by atoms with Crippen LogP contribution in [0.3, 0.4) is 0 Å². The second-order valence-electron chi connectivity index (χ2n) is 3.12. The zero-order chi connectivity index (χ0) is 12.4. The molecule has 0 saturated heterocycles. The summed E-state index contributed by atoms with van der Waals surface area (Å²) < 4.78 is 19.0. The maximum absolute atomic E-state index is 12.8. The summed E-state index contributed by atoms with van der Waals surface area (Å²) in [5, 5.41) is 0.491. The summed E-state index contributed by atoms with van der Waals surface area (Å²) in [5.41, 5.74) is 0. The molecule has 6 heteroatoms. The third-order valence-electron chi connectivity index (χ3n) is 1.87. The molecule has 0 aliphatic carbocycles.